The standard InChI is InChI=1S/C10H8BrNO3/c1-2-15-10(14)8-4-7(13)3-6(5-12)9(8)11/h3-4,13H,2H2,1H3. The van der Waals surface area contributed by atoms with Crippen LogP contribution in [0.15, 0.2) is 16.6 Å². The number of esters is 1. The summed E-state index contributed by atoms with van der Waals surface area (Å²) in [6.07, 6.45) is 0. The zero-order valence-electron chi connectivity index (χ0n) is 7.95. The SMILES string of the molecule is CCOC(=O)c1cc(O)cc(C#N)c1Br. The molecule has 0 aliphatic heterocycles. The van der Waals surface area contributed by atoms with Gasteiger partial charge in [0.25, 0.3) is 0 Å². The number of carbonyl (C=O) groups is 1. The Morgan fingerprint density at radius 2 is 2.33 bits per heavy atom. The predicted molar refractivity (Wildman–Crippen MR) is 56.5 cm³/mol. The van der Waals surface area contributed by atoms with E-state index in [9.17, 15) is 9.90 Å². The number of benzene rings is 1. The van der Waals surface area contributed by atoms with Crippen LogP contribution in [-0.4, -0.2) is 17.7 Å². The van der Waals surface area contributed by atoms with Gasteiger partial charge in [-0.1, -0.05) is 0 Å². The van der Waals surface area contributed by atoms with E-state index in [4.69, 9.17) is 10.00 Å². The second-order valence-electron chi connectivity index (χ2n) is 2.69. The highest BCUT2D eigenvalue weighted by Gasteiger charge is 2.15. The van der Waals surface area contributed by atoms with Crippen molar-refractivity contribution < 1.29 is 14.6 Å². The third kappa shape index (κ3) is 2.48. The quantitative estimate of drug-likeness (QED) is 0.836. The van der Waals surface area contributed by atoms with Gasteiger partial charge in [-0.15, -0.1) is 0 Å². The Balaban J connectivity index is 3.24. The first-order chi connectivity index (χ1) is 7.10. The van der Waals surface area contributed by atoms with Gasteiger partial charge in [-0.2, -0.15) is 5.26 Å². The Morgan fingerprint density at radius 3 is 2.87 bits per heavy atom. The number of halogens is 1. The molecule has 0 amide bonds. The zero-order valence-corrected chi connectivity index (χ0v) is 9.54. The monoisotopic (exact) mass is 269 g/mol. The fourth-order valence-corrected chi connectivity index (χ4v) is 1.53. The van der Waals surface area contributed by atoms with Crippen LogP contribution in [0.3, 0.4) is 0 Å². The molecule has 0 bridgehead atoms. The molecule has 0 saturated carbocycles. The molecule has 0 aliphatic carbocycles. The van der Waals surface area contributed by atoms with E-state index in [0.717, 1.165) is 0 Å². The van der Waals surface area contributed by atoms with Crippen molar-refractivity contribution in [2.45, 2.75) is 6.92 Å². The number of hydrogen-bond acceptors (Lipinski definition) is 4. The smallest absolute Gasteiger partial charge is 0.339 e. The van der Waals surface area contributed by atoms with Crippen LogP contribution < -0.4 is 0 Å². The molecule has 0 unspecified atom stereocenters. The largest absolute Gasteiger partial charge is 0.508 e. The predicted octanol–water partition coefficient (Wildman–Crippen LogP) is 2.20. The van der Waals surface area contributed by atoms with Crippen LogP contribution in [-0.2, 0) is 4.74 Å². The molecule has 15 heavy (non-hydrogen) atoms. The van der Waals surface area contributed by atoms with Gasteiger partial charge >= 0.3 is 5.97 Å². The summed E-state index contributed by atoms with van der Waals surface area (Å²) in [5.41, 5.74) is 0.339. The molecule has 0 saturated heterocycles. The first kappa shape index (κ1) is 11.5. The molecule has 4 nitrogen and oxygen atoms in total. The van der Waals surface area contributed by atoms with E-state index in [-0.39, 0.29) is 23.5 Å². The highest BCUT2D eigenvalue weighted by molar-refractivity contribution is 9.10. The summed E-state index contributed by atoms with van der Waals surface area (Å²) in [7, 11) is 0. The lowest BCUT2D eigenvalue weighted by atomic mass is 10.1. The van der Waals surface area contributed by atoms with Gasteiger partial charge in [0.2, 0.25) is 0 Å². The summed E-state index contributed by atoms with van der Waals surface area (Å²) < 4.78 is 5.11. The molecule has 1 aromatic rings. The van der Waals surface area contributed by atoms with Crippen molar-refractivity contribution in [3.63, 3.8) is 0 Å². The molecule has 0 radical (unpaired) electrons. The Kier molecular flexibility index (Phi) is 3.69. The maximum Gasteiger partial charge on any atom is 0.339 e. The first-order valence-electron chi connectivity index (χ1n) is 4.19. The summed E-state index contributed by atoms with van der Waals surface area (Å²) >= 11 is 3.11. The average molecular weight is 270 g/mol. The van der Waals surface area contributed by atoms with Crippen LogP contribution in [0.5, 0.6) is 5.75 Å². The maximum absolute atomic E-state index is 11.4. The molecule has 1 N–H and O–H groups in total. The first-order valence-corrected chi connectivity index (χ1v) is 4.99. The molecular formula is C10H8BrNO3. The van der Waals surface area contributed by atoms with E-state index in [1.54, 1.807) is 6.92 Å². The number of hydrogen-bond donors (Lipinski definition) is 1. The topological polar surface area (TPSA) is 70.3 Å². The van der Waals surface area contributed by atoms with Crippen molar-refractivity contribution in [3.8, 4) is 11.8 Å². The highest BCUT2D eigenvalue weighted by atomic mass is 79.9. The van der Waals surface area contributed by atoms with Gasteiger partial charge in [0.1, 0.15) is 11.8 Å². The minimum absolute atomic E-state index is 0.141. The molecule has 0 aliphatic rings. The van der Waals surface area contributed by atoms with Crippen molar-refractivity contribution in [2.24, 2.45) is 0 Å². The van der Waals surface area contributed by atoms with E-state index >= 15 is 0 Å². The average Bonchev–Trinajstić information content (AvgIpc) is 2.21. The third-order valence-electron chi connectivity index (χ3n) is 1.67. The fraction of sp³-hybridized carbons (Fsp3) is 0.200. The van der Waals surface area contributed by atoms with E-state index in [1.807, 2.05) is 6.07 Å². The molecule has 1 rings (SSSR count). The van der Waals surface area contributed by atoms with Gasteiger partial charge in [-0.25, -0.2) is 4.79 Å². The van der Waals surface area contributed by atoms with Crippen molar-refractivity contribution in [1.29, 1.82) is 5.26 Å². The Labute approximate surface area is 95.2 Å². The molecule has 0 heterocycles. The molecule has 0 spiro atoms. The van der Waals surface area contributed by atoms with E-state index in [0.29, 0.717) is 4.47 Å². The van der Waals surface area contributed by atoms with Gasteiger partial charge in [0.05, 0.1) is 22.2 Å². The second kappa shape index (κ2) is 4.80. The van der Waals surface area contributed by atoms with Crippen molar-refractivity contribution in [3.05, 3.63) is 27.7 Å². The minimum atomic E-state index is -0.572. The van der Waals surface area contributed by atoms with Crippen molar-refractivity contribution >= 4 is 21.9 Å². The van der Waals surface area contributed by atoms with E-state index in [1.165, 1.54) is 12.1 Å². The molecule has 5 heteroatoms. The molecular weight excluding hydrogens is 262 g/mol. The lowest BCUT2D eigenvalue weighted by Gasteiger charge is -2.06. The lowest BCUT2D eigenvalue weighted by Crippen LogP contribution is -2.06. The van der Waals surface area contributed by atoms with Crippen LogP contribution in [0.4, 0.5) is 0 Å². The molecule has 0 aromatic heterocycles. The number of phenols is 1. The van der Waals surface area contributed by atoms with Gasteiger partial charge in [-0.3, -0.25) is 0 Å². The highest BCUT2D eigenvalue weighted by Crippen LogP contribution is 2.27. The number of phenolic OH excluding ortho intramolecular Hbond substituents is 1. The summed E-state index contributed by atoms with van der Waals surface area (Å²) in [6.45, 7) is 1.92. The van der Waals surface area contributed by atoms with Gasteiger partial charge < -0.3 is 9.84 Å². The third-order valence-corrected chi connectivity index (χ3v) is 2.53. The van der Waals surface area contributed by atoms with Crippen LogP contribution in [0, 0.1) is 11.3 Å². The van der Waals surface area contributed by atoms with Crippen LogP contribution in [0.2, 0.25) is 0 Å². The van der Waals surface area contributed by atoms with Gasteiger partial charge in [0.15, 0.2) is 0 Å². The van der Waals surface area contributed by atoms with Crippen molar-refractivity contribution in [1.82, 2.24) is 0 Å². The number of nitrogens with zero attached hydrogens (tertiary/aromatic N) is 1. The summed E-state index contributed by atoms with van der Waals surface area (Å²) in [5.74, 6) is -0.713. The van der Waals surface area contributed by atoms with Crippen LogP contribution in [0.25, 0.3) is 0 Å². The molecule has 0 atom stereocenters. The Morgan fingerprint density at radius 1 is 1.67 bits per heavy atom. The van der Waals surface area contributed by atoms with Crippen LogP contribution in [0.1, 0.15) is 22.8 Å². The van der Waals surface area contributed by atoms with Crippen LogP contribution >= 0.6 is 15.9 Å². The van der Waals surface area contributed by atoms with Gasteiger partial charge in [0, 0.05) is 0 Å². The molecule has 0 fully saturated rings. The lowest BCUT2D eigenvalue weighted by molar-refractivity contribution is 0.0525. The Hall–Kier alpha value is -1.54. The van der Waals surface area contributed by atoms with Gasteiger partial charge in [-0.05, 0) is 35.0 Å². The van der Waals surface area contributed by atoms with E-state index in [2.05, 4.69) is 15.9 Å². The summed E-state index contributed by atoms with van der Waals surface area (Å²) in [5, 5.41) is 18.0. The second-order valence-corrected chi connectivity index (χ2v) is 3.48. The Bertz CT molecular complexity index is 437. The number of carbonyl (C=O) groups excluding carboxylic acids is 1. The summed E-state index contributed by atoms with van der Waals surface area (Å²) in [4.78, 5) is 11.4. The normalized spacial score (nSPS) is 9.40. The molecule has 1 aromatic carbocycles. The number of nitriles is 1. The minimum Gasteiger partial charge on any atom is -0.508 e. The summed E-state index contributed by atoms with van der Waals surface area (Å²) in [6, 6.07) is 4.38. The van der Waals surface area contributed by atoms with E-state index < -0.39 is 5.97 Å². The molecule has 78 valence electrons. The number of ether oxygens (including phenoxy) is 1. The number of aromatic hydroxyl groups is 1. The van der Waals surface area contributed by atoms with Crippen molar-refractivity contribution in [2.75, 3.05) is 6.61 Å². The maximum atomic E-state index is 11.4. The fourth-order valence-electron chi connectivity index (χ4n) is 1.05. The number of rotatable bonds is 2. The zero-order chi connectivity index (χ0) is 11.4.